The zero-order valence-corrected chi connectivity index (χ0v) is 10.5. The van der Waals surface area contributed by atoms with E-state index in [9.17, 15) is 5.11 Å². The van der Waals surface area contributed by atoms with Crippen molar-refractivity contribution in [2.45, 2.75) is 31.9 Å². The first kappa shape index (κ1) is 12.7. The van der Waals surface area contributed by atoms with Gasteiger partial charge in [0.1, 0.15) is 5.75 Å². The highest BCUT2D eigenvalue weighted by Crippen LogP contribution is 2.26. The Kier molecular flexibility index (Phi) is 4.66. The van der Waals surface area contributed by atoms with E-state index in [-0.39, 0.29) is 5.75 Å². The van der Waals surface area contributed by atoms with Crippen LogP contribution in [0.2, 0.25) is 5.02 Å². The number of rotatable bonds is 5. The number of para-hydroxylation sites is 1. The zero-order chi connectivity index (χ0) is 12.1. The van der Waals surface area contributed by atoms with Crippen LogP contribution >= 0.6 is 11.6 Å². The van der Waals surface area contributed by atoms with E-state index in [1.807, 2.05) is 12.1 Å². The first-order chi connectivity index (χ1) is 8.27. The lowest BCUT2D eigenvalue weighted by Crippen LogP contribution is -2.19. The summed E-state index contributed by atoms with van der Waals surface area (Å²) >= 11 is 5.83. The lowest BCUT2D eigenvalue weighted by atomic mass is 10.1. The Morgan fingerprint density at radius 2 is 2.35 bits per heavy atom. The normalized spacial score (nSPS) is 19.7. The molecular formula is C13H18ClNO2. The summed E-state index contributed by atoms with van der Waals surface area (Å²) in [4.78, 5) is 0. The Labute approximate surface area is 107 Å². The molecule has 1 fully saturated rings. The summed E-state index contributed by atoms with van der Waals surface area (Å²) < 4.78 is 5.54. The Balaban J connectivity index is 1.72. The largest absolute Gasteiger partial charge is 0.506 e. The average Bonchev–Trinajstić information content (AvgIpc) is 2.83. The summed E-state index contributed by atoms with van der Waals surface area (Å²) in [6.07, 6.45) is 3.79. The predicted molar refractivity (Wildman–Crippen MR) is 68.4 cm³/mol. The van der Waals surface area contributed by atoms with Crippen LogP contribution in [-0.2, 0) is 11.3 Å². The highest BCUT2D eigenvalue weighted by molar-refractivity contribution is 6.32. The monoisotopic (exact) mass is 255 g/mol. The topological polar surface area (TPSA) is 41.5 Å². The summed E-state index contributed by atoms with van der Waals surface area (Å²) in [6, 6.07) is 5.41. The Hall–Kier alpha value is -0.770. The number of halogens is 1. The van der Waals surface area contributed by atoms with Gasteiger partial charge in [-0.25, -0.2) is 0 Å². The van der Waals surface area contributed by atoms with Gasteiger partial charge in [0.05, 0.1) is 11.1 Å². The predicted octanol–water partition coefficient (Wildman–Crippen LogP) is 2.70. The van der Waals surface area contributed by atoms with Crippen molar-refractivity contribution in [2.75, 3.05) is 13.2 Å². The molecule has 0 aromatic heterocycles. The molecule has 3 nitrogen and oxygen atoms in total. The van der Waals surface area contributed by atoms with Gasteiger partial charge in [0.25, 0.3) is 0 Å². The van der Waals surface area contributed by atoms with Crippen LogP contribution in [0.25, 0.3) is 0 Å². The molecule has 1 unspecified atom stereocenters. The van der Waals surface area contributed by atoms with E-state index in [1.54, 1.807) is 6.07 Å². The number of nitrogens with one attached hydrogen (secondary N) is 1. The summed E-state index contributed by atoms with van der Waals surface area (Å²) in [6.45, 7) is 2.44. The van der Waals surface area contributed by atoms with Crippen LogP contribution in [0, 0.1) is 0 Å². The van der Waals surface area contributed by atoms with Gasteiger partial charge in [0.15, 0.2) is 0 Å². The molecule has 0 aliphatic carbocycles. The van der Waals surface area contributed by atoms with Gasteiger partial charge in [-0.15, -0.1) is 0 Å². The van der Waals surface area contributed by atoms with E-state index < -0.39 is 0 Å². The van der Waals surface area contributed by atoms with Crippen molar-refractivity contribution in [1.29, 1.82) is 0 Å². The van der Waals surface area contributed by atoms with Crippen molar-refractivity contribution in [2.24, 2.45) is 0 Å². The maximum absolute atomic E-state index is 9.71. The fraction of sp³-hybridized carbons (Fsp3) is 0.538. The second kappa shape index (κ2) is 6.24. The van der Waals surface area contributed by atoms with Crippen LogP contribution in [0.5, 0.6) is 5.75 Å². The molecule has 94 valence electrons. The molecule has 0 spiro atoms. The molecule has 0 radical (unpaired) electrons. The molecule has 2 rings (SSSR count). The van der Waals surface area contributed by atoms with Crippen molar-refractivity contribution >= 4 is 11.6 Å². The Morgan fingerprint density at radius 1 is 1.47 bits per heavy atom. The molecule has 1 aliphatic heterocycles. The molecular weight excluding hydrogens is 238 g/mol. The van der Waals surface area contributed by atoms with E-state index in [0.717, 1.165) is 25.1 Å². The number of aromatic hydroxyl groups is 1. The maximum atomic E-state index is 9.71. The zero-order valence-electron chi connectivity index (χ0n) is 9.79. The molecule has 4 heteroatoms. The molecule has 0 saturated carbocycles. The van der Waals surface area contributed by atoms with Gasteiger partial charge in [-0.1, -0.05) is 23.7 Å². The van der Waals surface area contributed by atoms with E-state index in [0.29, 0.717) is 17.7 Å². The van der Waals surface area contributed by atoms with Gasteiger partial charge in [-0.3, -0.25) is 0 Å². The van der Waals surface area contributed by atoms with Crippen LogP contribution in [0.3, 0.4) is 0 Å². The fourth-order valence-corrected chi connectivity index (χ4v) is 2.25. The molecule has 1 heterocycles. The third-order valence-corrected chi connectivity index (χ3v) is 3.36. The van der Waals surface area contributed by atoms with Gasteiger partial charge in [0.2, 0.25) is 0 Å². The lowest BCUT2D eigenvalue weighted by molar-refractivity contribution is 0.104. The van der Waals surface area contributed by atoms with E-state index in [1.165, 1.54) is 12.8 Å². The molecule has 1 atom stereocenters. The fourth-order valence-electron chi connectivity index (χ4n) is 2.06. The molecule has 0 amide bonds. The van der Waals surface area contributed by atoms with Crippen LogP contribution in [0.1, 0.15) is 24.8 Å². The minimum Gasteiger partial charge on any atom is -0.506 e. The number of hydrogen-bond acceptors (Lipinski definition) is 3. The third kappa shape index (κ3) is 3.60. The first-order valence-corrected chi connectivity index (χ1v) is 6.44. The van der Waals surface area contributed by atoms with E-state index in [2.05, 4.69) is 5.32 Å². The SMILES string of the molecule is Oc1c(Cl)cccc1CNCCC1CCCO1. The number of hydrogen-bond donors (Lipinski definition) is 2. The van der Waals surface area contributed by atoms with Crippen molar-refractivity contribution in [1.82, 2.24) is 5.32 Å². The lowest BCUT2D eigenvalue weighted by Gasteiger charge is -2.11. The quantitative estimate of drug-likeness (QED) is 0.795. The molecule has 1 aromatic rings. The van der Waals surface area contributed by atoms with Gasteiger partial charge < -0.3 is 15.2 Å². The molecule has 1 saturated heterocycles. The molecule has 0 bridgehead atoms. The standard InChI is InChI=1S/C13H18ClNO2/c14-12-5-1-3-10(13(12)16)9-15-7-6-11-4-2-8-17-11/h1,3,5,11,15-16H,2,4,6-9H2. The molecule has 17 heavy (non-hydrogen) atoms. The minimum atomic E-state index is 0.179. The maximum Gasteiger partial charge on any atom is 0.138 e. The van der Waals surface area contributed by atoms with Crippen molar-refractivity contribution in [3.8, 4) is 5.75 Å². The van der Waals surface area contributed by atoms with Crippen molar-refractivity contribution in [3.63, 3.8) is 0 Å². The second-order valence-corrected chi connectivity index (χ2v) is 4.76. The van der Waals surface area contributed by atoms with E-state index >= 15 is 0 Å². The van der Waals surface area contributed by atoms with Gasteiger partial charge in [-0.2, -0.15) is 0 Å². The van der Waals surface area contributed by atoms with Crippen LogP contribution in [0.15, 0.2) is 18.2 Å². The Morgan fingerprint density at radius 3 is 3.12 bits per heavy atom. The summed E-state index contributed by atoms with van der Waals surface area (Å²) in [7, 11) is 0. The molecule has 1 aromatic carbocycles. The highest BCUT2D eigenvalue weighted by Gasteiger charge is 2.14. The summed E-state index contributed by atoms with van der Waals surface area (Å²) in [5.41, 5.74) is 0.838. The van der Waals surface area contributed by atoms with Gasteiger partial charge in [0, 0.05) is 18.7 Å². The number of phenolic OH excluding ortho intramolecular Hbond substituents is 1. The number of ether oxygens (including phenoxy) is 1. The van der Waals surface area contributed by atoms with Crippen LogP contribution in [0.4, 0.5) is 0 Å². The van der Waals surface area contributed by atoms with E-state index in [4.69, 9.17) is 16.3 Å². The second-order valence-electron chi connectivity index (χ2n) is 4.35. The summed E-state index contributed by atoms with van der Waals surface area (Å²) in [5.74, 6) is 0.179. The van der Waals surface area contributed by atoms with Crippen molar-refractivity contribution < 1.29 is 9.84 Å². The molecule has 2 N–H and O–H groups in total. The molecule has 1 aliphatic rings. The average molecular weight is 256 g/mol. The highest BCUT2D eigenvalue weighted by atomic mass is 35.5. The Bertz CT molecular complexity index is 364. The number of benzene rings is 1. The smallest absolute Gasteiger partial charge is 0.138 e. The first-order valence-electron chi connectivity index (χ1n) is 6.06. The van der Waals surface area contributed by atoms with Crippen LogP contribution < -0.4 is 5.32 Å². The minimum absolute atomic E-state index is 0.179. The van der Waals surface area contributed by atoms with Gasteiger partial charge in [-0.05, 0) is 31.9 Å². The van der Waals surface area contributed by atoms with Crippen molar-refractivity contribution in [3.05, 3.63) is 28.8 Å². The number of phenols is 1. The summed E-state index contributed by atoms with van der Waals surface area (Å²) in [5, 5.41) is 13.4. The van der Waals surface area contributed by atoms with Crippen LogP contribution in [-0.4, -0.2) is 24.4 Å². The van der Waals surface area contributed by atoms with Gasteiger partial charge >= 0.3 is 0 Å². The third-order valence-electron chi connectivity index (χ3n) is 3.05.